The molecule has 1 atom stereocenters. The average Bonchev–Trinajstić information content (AvgIpc) is 2.83. The van der Waals surface area contributed by atoms with Gasteiger partial charge in [0.25, 0.3) is 0 Å². The van der Waals surface area contributed by atoms with Crippen molar-refractivity contribution in [1.29, 1.82) is 0 Å². The van der Waals surface area contributed by atoms with Crippen molar-refractivity contribution in [3.8, 4) is 0 Å². The summed E-state index contributed by atoms with van der Waals surface area (Å²) < 4.78 is 12.8. The lowest BCUT2D eigenvalue weighted by Gasteiger charge is -2.26. The van der Waals surface area contributed by atoms with Crippen LogP contribution in [0.5, 0.6) is 0 Å². The van der Waals surface area contributed by atoms with E-state index in [0.29, 0.717) is 6.42 Å². The van der Waals surface area contributed by atoms with E-state index in [2.05, 4.69) is 0 Å². The van der Waals surface area contributed by atoms with Crippen LogP contribution in [0.4, 0.5) is 4.39 Å². The fourth-order valence-electron chi connectivity index (χ4n) is 1.80. The molecule has 0 radical (unpaired) electrons. The van der Waals surface area contributed by atoms with Crippen molar-refractivity contribution in [2.24, 2.45) is 0 Å². The lowest BCUT2D eigenvalue weighted by Crippen LogP contribution is -2.25. The smallest absolute Gasteiger partial charge is 0.123 e. The molecule has 1 aromatic carbocycles. The van der Waals surface area contributed by atoms with Crippen LogP contribution in [0.2, 0.25) is 0 Å². The summed E-state index contributed by atoms with van der Waals surface area (Å²) in [5.41, 5.74) is 0.592. The van der Waals surface area contributed by atoms with Crippen molar-refractivity contribution in [1.82, 2.24) is 0 Å². The van der Waals surface area contributed by atoms with Crippen LogP contribution in [0.1, 0.15) is 24.5 Å². The zero-order chi connectivity index (χ0) is 11.6. The molecule has 0 aliphatic rings. The highest BCUT2D eigenvalue weighted by Gasteiger charge is 2.29. The van der Waals surface area contributed by atoms with E-state index in [4.69, 9.17) is 0 Å². The third-order valence-electron chi connectivity index (χ3n) is 2.83. The SMILES string of the molecule is CCC(O)(c1ccc(F)cc1)c1ccsc1. The molecule has 84 valence electrons. The molecule has 1 nitrogen and oxygen atoms in total. The molecule has 0 spiro atoms. The molecule has 2 rings (SSSR count). The Hall–Kier alpha value is -1.19. The van der Waals surface area contributed by atoms with Gasteiger partial charge in [-0.2, -0.15) is 11.3 Å². The van der Waals surface area contributed by atoms with E-state index in [-0.39, 0.29) is 5.82 Å². The highest BCUT2D eigenvalue weighted by molar-refractivity contribution is 7.08. The Labute approximate surface area is 98.2 Å². The predicted molar refractivity (Wildman–Crippen MR) is 64.0 cm³/mol. The average molecular weight is 236 g/mol. The van der Waals surface area contributed by atoms with E-state index in [1.54, 1.807) is 23.5 Å². The van der Waals surface area contributed by atoms with Gasteiger partial charge >= 0.3 is 0 Å². The third kappa shape index (κ3) is 1.88. The van der Waals surface area contributed by atoms with Crippen LogP contribution in [0.25, 0.3) is 0 Å². The van der Waals surface area contributed by atoms with Gasteiger partial charge < -0.3 is 5.11 Å². The standard InChI is InChI=1S/C13H13FOS/c1-2-13(15,11-7-8-16-9-11)10-3-5-12(14)6-4-10/h3-9,15H,2H2,1H3. The Kier molecular flexibility index (Phi) is 3.08. The maximum absolute atomic E-state index is 12.8. The van der Waals surface area contributed by atoms with Gasteiger partial charge in [0.1, 0.15) is 11.4 Å². The first-order valence-electron chi connectivity index (χ1n) is 5.18. The number of aliphatic hydroxyl groups is 1. The number of halogens is 1. The summed E-state index contributed by atoms with van der Waals surface area (Å²) in [7, 11) is 0. The zero-order valence-corrected chi connectivity index (χ0v) is 9.80. The molecule has 1 aromatic heterocycles. The van der Waals surface area contributed by atoms with Crippen molar-refractivity contribution in [3.05, 3.63) is 58.0 Å². The van der Waals surface area contributed by atoms with Crippen LogP contribution >= 0.6 is 11.3 Å². The molecule has 0 saturated carbocycles. The van der Waals surface area contributed by atoms with Gasteiger partial charge in [-0.3, -0.25) is 0 Å². The summed E-state index contributed by atoms with van der Waals surface area (Å²) in [5, 5.41) is 14.5. The summed E-state index contributed by atoms with van der Waals surface area (Å²) >= 11 is 1.55. The summed E-state index contributed by atoms with van der Waals surface area (Å²) in [6.45, 7) is 1.92. The molecule has 16 heavy (non-hydrogen) atoms. The zero-order valence-electron chi connectivity index (χ0n) is 8.98. The van der Waals surface area contributed by atoms with E-state index in [9.17, 15) is 9.50 Å². The Morgan fingerprint density at radius 2 is 1.88 bits per heavy atom. The second kappa shape index (κ2) is 4.36. The van der Waals surface area contributed by atoms with Gasteiger partial charge in [-0.15, -0.1) is 0 Å². The second-order valence-corrected chi connectivity index (χ2v) is 4.51. The maximum atomic E-state index is 12.8. The fraction of sp³-hybridized carbons (Fsp3) is 0.231. The molecule has 1 unspecified atom stereocenters. The van der Waals surface area contributed by atoms with E-state index < -0.39 is 5.60 Å². The first kappa shape index (κ1) is 11.3. The first-order valence-corrected chi connectivity index (χ1v) is 6.12. The number of benzene rings is 1. The number of hydrogen-bond acceptors (Lipinski definition) is 2. The molecule has 2 aromatic rings. The van der Waals surface area contributed by atoms with Gasteiger partial charge in [-0.1, -0.05) is 19.1 Å². The monoisotopic (exact) mass is 236 g/mol. The lowest BCUT2D eigenvalue weighted by atomic mass is 9.86. The summed E-state index contributed by atoms with van der Waals surface area (Å²) in [6, 6.07) is 7.93. The summed E-state index contributed by atoms with van der Waals surface area (Å²) in [5.74, 6) is -0.285. The van der Waals surface area contributed by atoms with Crippen LogP contribution in [0.3, 0.4) is 0 Å². The van der Waals surface area contributed by atoms with Crippen LogP contribution in [-0.4, -0.2) is 5.11 Å². The first-order chi connectivity index (χ1) is 7.66. The van der Waals surface area contributed by atoms with Gasteiger partial charge in [0.15, 0.2) is 0 Å². The van der Waals surface area contributed by atoms with Gasteiger partial charge in [-0.05, 0) is 46.5 Å². The van der Waals surface area contributed by atoms with Crippen molar-refractivity contribution < 1.29 is 9.50 Å². The highest BCUT2D eigenvalue weighted by Crippen LogP contribution is 2.33. The van der Waals surface area contributed by atoms with Crippen molar-refractivity contribution in [3.63, 3.8) is 0 Å². The molecule has 0 bridgehead atoms. The van der Waals surface area contributed by atoms with Crippen molar-refractivity contribution in [2.45, 2.75) is 18.9 Å². The Bertz CT molecular complexity index is 449. The van der Waals surface area contributed by atoms with Crippen molar-refractivity contribution in [2.75, 3.05) is 0 Å². The van der Waals surface area contributed by atoms with E-state index >= 15 is 0 Å². The van der Waals surface area contributed by atoms with Gasteiger partial charge in [0, 0.05) is 0 Å². The molecule has 0 amide bonds. The number of thiophene rings is 1. The molecule has 0 saturated heterocycles. The molecular weight excluding hydrogens is 223 g/mol. The second-order valence-electron chi connectivity index (χ2n) is 3.73. The van der Waals surface area contributed by atoms with Crippen LogP contribution < -0.4 is 0 Å². The van der Waals surface area contributed by atoms with Crippen LogP contribution in [0.15, 0.2) is 41.1 Å². The quantitative estimate of drug-likeness (QED) is 0.864. The Morgan fingerprint density at radius 3 is 2.38 bits per heavy atom. The molecule has 1 N–H and O–H groups in total. The molecule has 0 aliphatic carbocycles. The fourth-order valence-corrected chi connectivity index (χ4v) is 2.52. The van der Waals surface area contributed by atoms with Gasteiger partial charge in [0.2, 0.25) is 0 Å². The van der Waals surface area contributed by atoms with E-state index in [1.807, 2.05) is 23.8 Å². The normalized spacial score (nSPS) is 14.7. The maximum Gasteiger partial charge on any atom is 0.123 e. The van der Waals surface area contributed by atoms with Gasteiger partial charge in [0.05, 0.1) is 0 Å². The largest absolute Gasteiger partial charge is 0.380 e. The molecular formula is C13H13FOS. The minimum Gasteiger partial charge on any atom is -0.380 e. The molecule has 0 fully saturated rings. The predicted octanol–water partition coefficient (Wildman–Crippen LogP) is 3.53. The van der Waals surface area contributed by atoms with E-state index in [0.717, 1.165) is 11.1 Å². The number of hydrogen-bond donors (Lipinski definition) is 1. The Morgan fingerprint density at radius 1 is 1.19 bits per heavy atom. The molecule has 3 heteroatoms. The Balaban J connectivity index is 2.46. The molecule has 1 heterocycles. The minimum atomic E-state index is -1.01. The minimum absolute atomic E-state index is 0.285. The third-order valence-corrected chi connectivity index (χ3v) is 3.52. The van der Waals surface area contributed by atoms with Crippen LogP contribution in [0, 0.1) is 5.82 Å². The molecule has 0 aliphatic heterocycles. The topological polar surface area (TPSA) is 20.2 Å². The summed E-state index contributed by atoms with van der Waals surface area (Å²) in [4.78, 5) is 0. The van der Waals surface area contributed by atoms with Crippen molar-refractivity contribution >= 4 is 11.3 Å². The lowest BCUT2D eigenvalue weighted by molar-refractivity contribution is 0.0769. The summed E-state index contributed by atoms with van der Waals surface area (Å²) in [6.07, 6.45) is 0.565. The van der Waals surface area contributed by atoms with Crippen LogP contribution in [-0.2, 0) is 5.60 Å². The van der Waals surface area contributed by atoms with Gasteiger partial charge in [-0.25, -0.2) is 4.39 Å². The highest BCUT2D eigenvalue weighted by atomic mass is 32.1. The number of rotatable bonds is 3. The van der Waals surface area contributed by atoms with E-state index in [1.165, 1.54) is 12.1 Å².